The van der Waals surface area contributed by atoms with Crippen LogP contribution in [-0.2, 0) is 10.8 Å². The van der Waals surface area contributed by atoms with Gasteiger partial charge in [-0.1, -0.05) is 26.0 Å². The van der Waals surface area contributed by atoms with Crippen molar-refractivity contribution in [3.63, 3.8) is 0 Å². The maximum absolute atomic E-state index is 5.85. The van der Waals surface area contributed by atoms with E-state index < -0.39 is 0 Å². The molecular weight excluding hydrogens is 695 g/mol. The molecule has 0 fully saturated rings. The molecule has 2 aromatic rings. The van der Waals surface area contributed by atoms with Crippen LogP contribution in [0.1, 0.15) is 84.8 Å². The molecule has 0 spiro atoms. The second kappa shape index (κ2) is 15.5. The lowest BCUT2D eigenvalue weighted by atomic mass is 9.80. The molecular formula is C40H55IN4O2. The Balaban J connectivity index is 0.00000500. The summed E-state index contributed by atoms with van der Waals surface area (Å²) in [6, 6.07) is 13.0. The fourth-order valence-electron chi connectivity index (χ4n) is 7.57. The fourth-order valence-corrected chi connectivity index (χ4v) is 7.57. The van der Waals surface area contributed by atoms with Gasteiger partial charge in [-0.15, -0.1) is 0 Å². The number of rotatable bonds is 12. The Morgan fingerprint density at radius 2 is 1.60 bits per heavy atom. The Bertz CT molecular complexity index is 1610. The zero-order valence-electron chi connectivity index (χ0n) is 29.8. The lowest BCUT2D eigenvalue weighted by Crippen LogP contribution is -3.00. The molecule has 5 rings (SSSR count). The smallest absolute Gasteiger partial charge is 0.210 e. The predicted octanol–water partition coefficient (Wildman–Crippen LogP) is 5.05. The van der Waals surface area contributed by atoms with Gasteiger partial charge in [0.1, 0.15) is 18.0 Å². The van der Waals surface area contributed by atoms with Gasteiger partial charge in [0, 0.05) is 53.3 Å². The molecule has 0 atom stereocenters. The summed E-state index contributed by atoms with van der Waals surface area (Å²) in [5.41, 5.74) is 17.5. The number of hydrogen-bond acceptors (Lipinski definition) is 5. The highest BCUT2D eigenvalue weighted by Gasteiger charge is 2.44. The van der Waals surface area contributed by atoms with E-state index in [2.05, 4.69) is 117 Å². The molecule has 0 radical (unpaired) electrons. The predicted molar refractivity (Wildman–Crippen MR) is 193 cm³/mol. The van der Waals surface area contributed by atoms with E-state index in [9.17, 15) is 0 Å². The average molecular weight is 751 g/mol. The van der Waals surface area contributed by atoms with Gasteiger partial charge in [0.15, 0.2) is 5.71 Å². The first-order valence-electron chi connectivity index (χ1n) is 17.2. The van der Waals surface area contributed by atoms with Gasteiger partial charge in [-0.2, -0.15) is 4.58 Å². The number of benzene rings is 2. The molecule has 47 heavy (non-hydrogen) atoms. The number of likely N-dealkylation sites (N-methyl/N-ethyl adjacent to an activating group) is 1. The first kappa shape index (κ1) is 36.8. The molecule has 0 bridgehead atoms. The summed E-state index contributed by atoms with van der Waals surface area (Å²) in [6.07, 6.45) is 14.8. The second-order valence-electron chi connectivity index (χ2n) is 13.6. The normalized spacial score (nSPS) is 19.8. The van der Waals surface area contributed by atoms with Crippen molar-refractivity contribution >= 4 is 17.1 Å². The molecule has 7 heteroatoms. The molecule has 2 aliphatic heterocycles. The van der Waals surface area contributed by atoms with Crippen LogP contribution in [0.15, 0.2) is 83.2 Å². The SMILES string of the molecule is CCN1/C(=C/C=C2\CCCC(/C=C/C3=[N+](CC)c4ccc(OC)cc4C3(C)C)=C2NCCCCN)C(C)(C)c2cc(OC)ccc21.[I-]. The Morgan fingerprint density at radius 1 is 0.894 bits per heavy atom. The number of anilines is 1. The summed E-state index contributed by atoms with van der Waals surface area (Å²) in [6.45, 7) is 17.3. The van der Waals surface area contributed by atoms with E-state index in [1.807, 2.05) is 0 Å². The van der Waals surface area contributed by atoms with Crippen LogP contribution < -0.4 is 49.4 Å². The van der Waals surface area contributed by atoms with Gasteiger partial charge < -0.3 is 49.4 Å². The van der Waals surface area contributed by atoms with E-state index in [1.54, 1.807) is 14.2 Å². The van der Waals surface area contributed by atoms with Crippen molar-refractivity contribution in [3.8, 4) is 11.5 Å². The van der Waals surface area contributed by atoms with Crippen molar-refractivity contribution in [2.45, 2.75) is 84.5 Å². The maximum Gasteiger partial charge on any atom is 0.210 e. The van der Waals surface area contributed by atoms with Crippen LogP contribution in [0.4, 0.5) is 11.4 Å². The number of methoxy groups -OCH3 is 2. The van der Waals surface area contributed by atoms with Crippen molar-refractivity contribution in [1.82, 2.24) is 5.32 Å². The van der Waals surface area contributed by atoms with Crippen molar-refractivity contribution in [1.29, 1.82) is 0 Å². The average Bonchev–Trinajstić information content (AvgIpc) is 3.41. The molecule has 3 aliphatic rings. The number of allylic oxidation sites excluding steroid dienone is 7. The Hall–Kier alpha value is -3.04. The van der Waals surface area contributed by atoms with E-state index in [4.69, 9.17) is 15.2 Å². The first-order valence-corrected chi connectivity index (χ1v) is 17.2. The van der Waals surface area contributed by atoms with Crippen LogP contribution in [-0.4, -0.2) is 50.7 Å². The monoisotopic (exact) mass is 750 g/mol. The van der Waals surface area contributed by atoms with E-state index >= 15 is 0 Å². The minimum atomic E-state index is -0.126. The van der Waals surface area contributed by atoms with Gasteiger partial charge in [0.25, 0.3) is 0 Å². The summed E-state index contributed by atoms with van der Waals surface area (Å²) in [4.78, 5) is 2.46. The molecule has 254 valence electrons. The number of hydrogen-bond donors (Lipinski definition) is 2. The third-order valence-corrected chi connectivity index (χ3v) is 10.2. The number of nitrogens with two attached hydrogens (primary N) is 1. The van der Waals surface area contributed by atoms with Crippen molar-refractivity contribution < 1.29 is 38.0 Å². The Labute approximate surface area is 300 Å². The van der Waals surface area contributed by atoms with Crippen LogP contribution in [0.3, 0.4) is 0 Å². The van der Waals surface area contributed by atoms with Gasteiger partial charge in [0.05, 0.1) is 19.6 Å². The highest BCUT2D eigenvalue weighted by Crippen LogP contribution is 2.49. The van der Waals surface area contributed by atoms with Crippen molar-refractivity contribution in [2.75, 3.05) is 45.3 Å². The minimum absolute atomic E-state index is 0. The van der Waals surface area contributed by atoms with E-state index in [-0.39, 0.29) is 34.8 Å². The molecule has 2 aromatic carbocycles. The van der Waals surface area contributed by atoms with E-state index in [0.717, 1.165) is 69.8 Å². The number of unbranched alkanes of at least 4 members (excludes halogenated alkanes) is 1. The highest BCUT2D eigenvalue weighted by atomic mass is 127. The van der Waals surface area contributed by atoms with Crippen LogP contribution in [0.2, 0.25) is 0 Å². The fraction of sp³-hybridized carbons (Fsp3) is 0.475. The number of fused-ring (bicyclic) bond motifs is 2. The summed E-state index contributed by atoms with van der Waals surface area (Å²) in [7, 11) is 3.49. The number of nitrogens with zero attached hydrogens (tertiary/aromatic N) is 2. The molecule has 1 aliphatic carbocycles. The molecule has 0 saturated heterocycles. The standard InChI is InChI=1S/C40H54N4O2.HI/c1-9-43-34-20-18-30(45-7)26-32(34)39(3,4)36(43)22-16-28-14-13-15-29(38(28)42-25-12-11-24-41)17-23-37-40(5,6)33-27-31(46-8)19-21-35(33)44(37)10-2;/h16-23,26-27H,9-15,24-25,41H2,1-8H3;1H/b28-16+,36-22+;. The first-order chi connectivity index (χ1) is 22.1. The minimum Gasteiger partial charge on any atom is -1.00 e. The largest absolute Gasteiger partial charge is 1.00 e. The van der Waals surface area contributed by atoms with Gasteiger partial charge in [0.2, 0.25) is 5.69 Å². The molecule has 2 heterocycles. The molecule has 6 nitrogen and oxygen atoms in total. The highest BCUT2D eigenvalue weighted by molar-refractivity contribution is 6.03. The summed E-state index contributed by atoms with van der Waals surface area (Å²) in [5, 5.41) is 3.87. The van der Waals surface area contributed by atoms with Gasteiger partial charge >= 0.3 is 0 Å². The van der Waals surface area contributed by atoms with Crippen molar-refractivity contribution in [3.05, 3.63) is 94.4 Å². The number of nitrogens with one attached hydrogen (secondary N) is 1. The molecule has 0 saturated carbocycles. The maximum atomic E-state index is 5.85. The van der Waals surface area contributed by atoms with Crippen LogP contribution in [0.25, 0.3) is 0 Å². The molecule has 3 N–H and O–H groups in total. The third kappa shape index (κ3) is 7.07. The lowest BCUT2D eigenvalue weighted by Gasteiger charge is -2.27. The number of halogens is 1. The summed E-state index contributed by atoms with van der Waals surface area (Å²) < 4.78 is 13.7. The zero-order chi connectivity index (χ0) is 33.1. The quantitative estimate of drug-likeness (QED) is 0.181. The van der Waals surface area contributed by atoms with E-state index in [0.29, 0.717) is 0 Å². The molecule has 0 amide bonds. The topological polar surface area (TPSA) is 62.8 Å². The number of ether oxygens (including phenoxy) is 2. The Kier molecular flexibility index (Phi) is 12.1. The Morgan fingerprint density at radius 3 is 2.26 bits per heavy atom. The van der Waals surface area contributed by atoms with Crippen molar-refractivity contribution in [2.24, 2.45) is 5.73 Å². The summed E-state index contributed by atoms with van der Waals surface area (Å²) >= 11 is 0. The van der Waals surface area contributed by atoms with E-state index in [1.165, 1.54) is 50.8 Å². The molecule has 0 aromatic heterocycles. The lowest BCUT2D eigenvalue weighted by molar-refractivity contribution is -0.433. The van der Waals surface area contributed by atoms with Crippen LogP contribution in [0, 0.1) is 0 Å². The third-order valence-electron chi connectivity index (χ3n) is 10.2. The zero-order valence-corrected chi connectivity index (χ0v) is 32.0. The van der Waals surface area contributed by atoms with Gasteiger partial charge in [-0.25, -0.2) is 0 Å². The molecule has 0 unspecified atom stereocenters. The summed E-state index contributed by atoms with van der Waals surface area (Å²) in [5.74, 6) is 1.82. The van der Waals surface area contributed by atoms with Gasteiger partial charge in [-0.3, -0.25) is 0 Å². The second-order valence-corrected chi connectivity index (χ2v) is 13.6. The van der Waals surface area contributed by atoms with Gasteiger partial charge in [-0.05, 0) is 119 Å². The van der Waals surface area contributed by atoms with Crippen LogP contribution in [0.5, 0.6) is 11.5 Å². The van der Waals surface area contributed by atoms with Crippen LogP contribution >= 0.6 is 0 Å².